The smallest absolute Gasteiger partial charge is 0.0859 e. The van der Waals surface area contributed by atoms with Gasteiger partial charge in [0.05, 0.1) is 6.67 Å². The summed E-state index contributed by atoms with van der Waals surface area (Å²) < 4.78 is 0. The number of nitrogens with zero attached hydrogens (tertiary/aromatic N) is 1. The summed E-state index contributed by atoms with van der Waals surface area (Å²) in [5.74, 6) is 0. The lowest BCUT2D eigenvalue weighted by Gasteiger charge is -2.19. The van der Waals surface area contributed by atoms with Gasteiger partial charge >= 0.3 is 0 Å². The molecule has 1 aliphatic rings. The molecule has 0 bridgehead atoms. The maximum absolute atomic E-state index is 5.78. The van der Waals surface area contributed by atoms with Gasteiger partial charge in [-0.2, -0.15) is 0 Å². The quantitative estimate of drug-likeness (QED) is 0.549. The average Bonchev–Trinajstić information content (AvgIpc) is 1.94. The van der Waals surface area contributed by atoms with Gasteiger partial charge in [-0.15, -0.1) is 0 Å². The summed E-state index contributed by atoms with van der Waals surface area (Å²) in [6.45, 7) is 0.392. The first kappa shape index (κ1) is 7.69. The molecule has 1 rings (SSSR count). The molecule has 0 spiro atoms. The van der Waals surface area contributed by atoms with Crippen LogP contribution in [-0.2, 0) is 0 Å². The van der Waals surface area contributed by atoms with Crippen LogP contribution in [0, 0.1) is 0 Å². The average molecular weight is 141 g/mol. The van der Waals surface area contributed by atoms with Crippen LogP contribution < -0.4 is 11.5 Å². The Morgan fingerprint density at radius 2 is 2.30 bits per heavy atom. The molecule has 0 radical (unpaired) electrons. The summed E-state index contributed by atoms with van der Waals surface area (Å²) in [4.78, 5) is 4.13. The zero-order chi connectivity index (χ0) is 7.40. The van der Waals surface area contributed by atoms with E-state index in [1.54, 1.807) is 0 Å². The SMILES string of the molecule is NC/N=C1\CCCCC1N. The topological polar surface area (TPSA) is 64.4 Å². The maximum Gasteiger partial charge on any atom is 0.0859 e. The van der Waals surface area contributed by atoms with Crippen molar-refractivity contribution < 1.29 is 0 Å². The molecule has 0 aromatic rings. The fourth-order valence-corrected chi connectivity index (χ4v) is 1.34. The van der Waals surface area contributed by atoms with Crippen LogP contribution in [0.2, 0.25) is 0 Å². The Hall–Kier alpha value is -0.410. The fourth-order valence-electron chi connectivity index (χ4n) is 1.34. The van der Waals surface area contributed by atoms with E-state index in [0.717, 1.165) is 18.6 Å². The summed E-state index contributed by atoms with van der Waals surface area (Å²) in [6.07, 6.45) is 4.61. The van der Waals surface area contributed by atoms with Crippen LogP contribution >= 0.6 is 0 Å². The molecule has 1 atom stereocenters. The Labute approximate surface area is 61.5 Å². The lowest BCUT2D eigenvalue weighted by Crippen LogP contribution is -2.33. The van der Waals surface area contributed by atoms with Gasteiger partial charge < -0.3 is 11.5 Å². The van der Waals surface area contributed by atoms with E-state index in [-0.39, 0.29) is 6.04 Å². The summed E-state index contributed by atoms with van der Waals surface area (Å²) in [5, 5.41) is 0. The minimum atomic E-state index is 0.192. The first-order valence-electron chi connectivity index (χ1n) is 3.83. The minimum absolute atomic E-state index is 0.192. The molecular weight excluding hydrogens is 126 g/mol. The van der Waals surface area contributed by atoms with Crippen molar-refractivity contribution in [3.05, 3.63) is 0 Å². The van der Waals surface area contributed by atoms with Crippen molar-refractivity contribution in [2.75, 3.05) is 6.67 Å². The van der Waals surface area contributed by atoms with E-state index in [9.17, 15) is 0 Å². The van der Waals surface area contributed by atoms with Crippen LogP contribution in [0.4, 0.5) is 0 Å². The number of hydrogen-bond acceptors (Lipinski definition) is 3. The van der Waals surface area contributed by atoms with Crippen molar-refractivity contribution in [2.45, 2.75) is 31.7 Å². The first-order valence-corrected chi connectivity index (χ1v) is 3.83. The second-order valence-corrected chi connectivity index (χ2v) is 2.68. The predicted molar refractivity (Wildman–Crippen MR) is 42.9 cm³/mol. The highest BCUT2D eigenvalue weighted by Gasteiger charge is 2.14. The number of aliphatic imine (C=N–C) groups is 1. The van der Waals surface area contributed by atoms with Gasteiger partial charge in [0.1, 0.15) is 0 Å². The van der Waals surface area contributed by atoms with Crippen LogP contribution in [0.3, 0.4) is 0 Å². The Morgan fingerprint density at radius 3 is 2.90 bits per heavy atom. The van der Waals surface area contributed by atoms with E-state index in [1.807, 2.05) is 0 Å². The van der Waals surface area contributed by atoms with E-state index in [0.29, 0.717) is 6.67 Å². The highest BCUT2D eigenvalue weighted by atomic mass is 14.9. The Balaban J connectivity index is 2.47. The molecule has 0 amide bonds. The van der Waals surface area contributed by atoms with Gasteiger partial charge in [0.25, 0.3) is 0 Å². The van der Waals surface area contributed by atoms with Crippen molar-refractivity contribution in [1.82, 2.24) is 0 Å². The van der Waals surface area contributed by atoms with Crippen LogP contribution in [0.5, 0.6) is 0 Å². The minimum Gasteiger partial charge on any atom is -0.323 e. The van der Waals surface area contributed by atoms with Crippen LogP contribution in [0.25, 0.3) is 0 Å². The molecule has 0 saturated heterocycles. The van der Waals surface area contributed by atoms with Gasteiger partial charge in [-0.3, -0.25) is 4.99 Å². The van der Waals surface area contributed by atoms with Crippen molar-refractivity contribution >= 4 is 5.71 Å². The standard InChI is InChI=1S/C7H15N3/c8-5-10-7-4-2-1-3-6(7)9/h6H,1-5,8-9H2/b10-7+. The van der Waals surface area contributed by atoms with Crippen molar-refractivity contribution in [2.24, 2.45) is 16.5 Å². The van der Waals surface area contributed by atoms with Crippen molar-refractivity contribution in [3.8, 4) is 0 Å². The molecule has 3 heteroatoms. The molecule has 1 saturated carbocycles. The second-order valence-electron chi connectivity index (χ2n) is 2.68. The van der Waals surface area contributed by atoms with Gasteiger partial charge in [-0.1, -0.05) is 6.42 Å². The monoisotopic (exact) mass is 141 g/mol. The van der Waals surface area contributed by atoms with Crippen molar-refractivity contribution in [3.63, 3.8) is 0 Å². The molecule has 1 fully saturated rings. The fraction of sp³-hybridized carbons (Fsp3) is 0.857. The predicted octanol–water partition coefficient (Wildman–Crippen LogP) is 0.245. The molecule has 0 aromatic heterocycles. The molecule has 0 aliphatic heterocycles. The summed E-state index contributed by atoms with van der Waals surface area (Å²) >= 11 is 0. The van der Waals surface area contributed by atoms with Crippen LogP contribution in [-0.4, -0.2) is 18.4 Å². The van der Waals surface area contributed by atoms with Crippen LogP contribution in [0.15, 0.2) is 4.99 Å². The highest BCUT2D eigenvalue weighted by molar-refractivity contribution is 5.89. The van der Waals surface area contributed by atoms with E-state index < -0.39 is 0 Å². The normalized spacial score (nSPS) is 31.0. The molecule has 0 heterocycles. The summed E-state index contributed by atoms with van der Waals surface area (Å²) in [6, 6.07) is 0.192. The molecular formula is C7H15N3. The first-order chi connectivity index (χ1) is 4.84. The maximum atomic E-state index is 5.78. The largest absolute Gasteiger partial charge is 0.323 e. The number of rotatable bonds is 1. The Morgan fingerprint density at radius 1 is 1.50 bits per heavy atom. The zero-order valence-electron chi connectivity index (χ0n) is 6.21. The molecule has 4 N–H and O–H groups in total. The Kier molecular flexibility index (Phi) is 2.83. The van der Waals surface area contributed by atoms with Gasteiger partial charge in [0.15, 0.2) is 0 Å². The molecule has 0 aromatic carbocycles. The summed E-state index contributed by atoms with van der Waals surface area (Å²) in [7, 11) is 0. The Bertz CT molecular complexity index is 131. The number of nitrogens with two attached hydrogens (primary N) is 2. The third-order valence-corrected chi connectivity index (χ3v) is 1.92. The molecule has 58 valence electrons. The van der Waals surface area contributed by atoms with E-state index in [1.165, 1.54) is 12.8 Å². The summed E-state index contributed by atoms with van der Waals surface area (Å²) in [5.41, 5.74) is 12.2. The van der Waals surface area contributed by atoms with E-state index in [2.05, 4.69) is 4.99 Å². The van der Waals surface area contributed by atoms with Crippen molar-refractivity contribution in [1.29, 1.82) is 0 Å². The van der Waals surface area contributed by atoms with Crippen LogP contribution in [0.1, 0.15) is 25.7 Å². The van der Waals surface area contributed by atoms with Gasteiger partial charge in [0, 0.05) is 11.8 Å². The molecule has 10 heavy (non-hydrogen) atoms. The molecule has 1 aliphatic carbocycles. The third kappa shape index (κ3) is 1.78. The van der Waals surface area contributed by atoms with E-state index >= 15 is 0 Å². The third-order valence-electron chi connectivity index (χ3n) is 1.92. The van der Waals surface area contributed by atoms with Gasteiger partial charge in [-0.05, 0) is 19.3 Å². The zero-order valence-corrected chi connectivity index (χ0v) is 6.21. The number of hydrogen-bond donors (Lipinski definition) is 2. The molecule has 1 unspecified atom stereocenters. The highest BCUT2D eigenvalue weighted by Crippen LogP contribution is 2.13. The van der Waals surface area contributed by atoms with Gasteiger partial charge in [-0.25, -0.2) is 0 Å². The lowest BCUT2D eigenvalue weighted by molar-refractivity contribution is 0.604. The van der Waals surface area contributed by atoms with E-state index in [4.69, 9.17) is 11.5 Å². The lowest BCUT2D eigenvalue weighted by atomic mass is 9.94. The second kappa shape index (κ2) is 3.68. The molecule has 3 nitrogen and oxygen atoms in total. The van der Waals surface area contributed by atoms with Gasteiger partial charge in [0.2, 0.25) is 0 Å².